The summed E-state index contributed by atoms with van der Waals surface area (Å²) in [4.78, 5) is 20.9. The quantitative estimate of drug-likeness (QED) is 0.798. The van der Waals surface area contributed by atoms with E-state index in [0.29, 0.717) is 12.4 Å². The SMILES string of the molecule is Cc1ncc(-c2ccc3cnc(NC(=O)[C@@H]4CCCO4)cc3c2)n1C. The van der Waals surface area contributed by atoms with E-state index in [1.54, 1.807) is 6.20 Å². The second-order valence-corrected chi connectivity index (χ2v) is 6.37. The Hall–Kier alpha value is -2.73. The molecule has 4 rings (SSSR count). The Morgan fingerprint density at radius 1 is 1.24 bits per heavy atom. The molecule has 3 aromatic rings. The van der Waals surface area contributed by atoms with E-state index in [1.807, 2.05) is 32.3 Å². The zero-order valence-electron chi connectivity index (χ0n) is 14.3. The summed E-state index contributed by atoms with van der Waals surface area (Å²) >= 11 is 0. The molecule has 1 saturated heterocycles. The van der Waals surface area contributed by atoms with E-state index in [9.17, 15) is 4.79 Å². The summed E-state index contributed by atoms with van der Waals surface area (Å²) < 4.78 is 7.48. The van der Waals surface area contributed by atoms with Crippen LogP contribution in [0, 0.1) is 6.92 Å². The van der Waals surface area contributed by atoms with Crippen molar-refractivity contribution < 1.29 is 9.53 Å². The Labute approximate surface area is 145 Å². The topological polar surface area (TPSA) is 69.0 Å². The Morgan fingerprint density at radius 2 is 2.12 bits per heavy atom. The van der Waals surface area contributed by atoms with Crippen LogP contribution in [0.3, 0.4) is 0 Å². The zero-order chi connectivity index (χ0) is 17.4. The molecule has 1 aliphatic rings. The number of fused-ring (bicyclic) bond motifs is 1. The number of benzene rings is 1. The lowest BCUT2D eigenvalue weighted by atomic mass is 10.1. The highest BCUT2D eigenvalue weighted by Crippen LogP contribution is 2.26. The van der Waals surface area contributed by atoms with Gasteiger partial charge in [0.05, 0.1) is 11.9 Å². The van der Waals surface area contributed by atoms with Crippen LogP contribution in [0.1, 0.15) is 18.7 Å². The largest absolute Gasteiger partial charge is 0.368 e. The number of ether oxygens (including phenoxy) is 1. The van der Waals surface area contributed by atoms with Crippen LogP contribution >= 0.6 is 0 Å². The Morgan fingerprint density at radius 3 is 2.84 bits per heavy atom. The highest BCUT2D eigenvalue weighted by Gasteiger charge is 2.23. The van der Waals surface area contributed by atoms with Gasteiger partial charge in [0.2, 0.25) is 0 Å². The average Bonchev–Trinajstić information content (AvgIpc) is 3.26. The molecule has 0 bridgehead atoms. The molecule has 6 heteroatoms. The minimum atomic E-state index is -0.360. The Balaban J connectivity index is 1.64. The summed E-state index contributed by atoms with van der Waals surface area (Å²) in [6.07, 6.45) is 4.98. The third kappa shape index (κ3) is 3.00. The van der Waals surface area contributed by atoms with E-state index in [-0.39, 0.29) is 12.0 Å². The molecule has 25 heavy (non-hydrogen) atoms. The predicted molar refractivity (Wildman–Crippen MR) is 96.3 cm³/mol. The molecule has 1 fully saturated rings. The zero-order valence-corrected chi connectivity index (χ0v) is 14.3. The van der Waals surface area contributed by atoms with Gasteiger partial charge in [-0.05, 0) is 37.3 Å². The fourth-order valence-corrected chi connectivity index (χ4v) is 3.13. The second kappa shape index (κ2) is 6.29. The van der Waals surface area contributed by atoms with E-state index < -0.39 is 0 Å². The maximum atomic E-state index is 12.2. The number of amides is 1. The molecule has 0 radical (unpaired) electrons. The molecule has 0 spiro atoms. The fourth-order valence-electron chi connectivity index (χ4n) is 3.13. The minimum Gasteiger partial charge on any atom is -0.368 e. The van der Waals surface area contributed by atoms with Crippen molar-refractivity contribution in [3.05, 3.63) is 42.5 Å². The predicted octanol–water partition coefficient (Wildman–Crippen LogP) is 3.06. The molecule has 1 amide bonds. The fraction of sp³-hybridized carbons (Fsp3) is 0.316. The number of imidazole rings is 1. The number of nitrogens with zero attached hydrogens (tertiary/aromatic N) is 3. The first-order valence-corrected chi connectivity index (χ1v) is 8.43. The van der Waals surface area contributed by atoms with E-state index >= 15 is 0 Å². The standard InChI is InChI=1S/C19H20N4O2/c1-12-20-11-16(23(12)2)13-5-6-14-10-21-18(9-15(14)8-13)22-19(24)17-4-3-7-25-17/h5-6,8-11,17H,3-4,7H2,1-2H3,(H,21,22,24)/t17-/m0/s1. The summed E-state index contributed by atoms with van der Waals surface area (Å²) in [6.45, 7) is 2.63. The van der Waals surface area contributed by atoms with Crippen molar-refractivity contribution in [1.29, 1.82) is 0 Å². The van der Waals surface area contributed by atoms with Crippen molar-refractivity contribution in [2.45, 2.75) is 25.9 Å². The minimum absolute atomic E-state index is 0.122. The van der Waals surface area contributed by atoms with Gasteiger partial charge in [0.15, 0.2) is 0 Å². The summed E-state index contributed by atoms with van der Waals surface area (Å²) in [7, 11) is 2.00. The van der Waals surface area contributed by atoms with Crippen LogP contribution in [0.5, 0.6) is 0 Å². The molecule has 0 unspecified atom stereocenters. The molecule has 2 aromatic heterocycles. The molecule has 1 aliphatic heterocycles. The van der Waals surface area contributed by atoms with Crippen molar-refractivity contribution in [1.82, 2.24) is 14.5 Å². The number of hydrogen-bond donors (Lipinski definition) is 1. The van der Waals surface area contributed by atoms with E-state index in [2.05, 4.69) is 32.0 Å². The summed E-state index contributed by atoms with van der Waals surface area (Å²) in [5.74, 6) is 1.39. The first kappa shape index (κ1) is 15.8. The van der Waals surface area contributed by atoms with E-state index in [1.165, 1.54) is 0 Å². The molecular formula is C19H20N4O2. The second-order valence-electron chi connectivity index (χ2n) is 6.37. The van der Waals surface area contributed by atoms with Gasteiger partial charge in [0.1, 0.15) is 17.7 Å². The molecule has 128 valence electrons. The molecule has 1 atom stereocenters. The smallest absolute Gasteiger partial charge is 0.254 e. The van der Waals surface area contributed by atoms with Crippen molar-refractivity contribution >= 4 is 22.5 Å². The number of carbonyl (C=O) groups excluding carboxylic acids is 1. The number of hydrogen-bond acceptors (Lipinski definition) is 4. The third-order valence-corrected chi connectivity index (χ3v) is 4.71. The van der Waals surface area contributed by atoms with Crippen molar-refractivity contribution in [3.63, 3.8) is 0 Å². The normalized spacial score (nSPS) is 17.1. The number of aromatic nitrogens is 3. The summed E-state index contributed by atoms with van der Waals surface area (Å²) in [5, 5.41) is 4.91. The van der Waals surface area contributed by atoms with Gasteiger partial charge in [0.25, 0.3) is 5.91 Å². The number of nitrogens with one attached hydrogen (secondary N) is 1. The monoisotopic (exact) mass is 336 g/mol. The Kier molecular flexibility index (Phi) is 3.97. The van der Waals surface area contributed by atoms with Gasteiger partial charge in [-0.2, -0.15) is 0 Å². The number of anilines is 1. The molecule has 3 heterocycles. The molecule has 1 N–H and O–H groups in total. The van der Waals surface area contributed by atoms with Crippen LogP contribution in [0.25, 0.3) is 22.0 Å². The van der Waals surface area contributed by atoms with Gasteiger partial charge < -0.3 is 14.6 Å². The lowest BCUT2D eigenvalue weighted by Crippen LogP contribution is -2.27. The lowest BCUT2D eigenvalue weighted by Gasteiger charge is -2.11. The van der Waals surface area contributed by atoms with Gasteiger partial charge in [0, 0.05) is 30.8 Å². The van der Waals surface area contributed by atoms with Crippen molar-refractivity contribution in [2.75, 3.05) is 11.9 Å². The lowest BCUT2D eigenvalue weighted by molar-refractivity contribution is -0.124. The van der Waals surface area contributed by atoms with E-state index in [0.717, 1.165) is 40.7 Å². The van der Waals surface area contributed by atoms with Crippen LogP contribution in [-0.2, 0) is 16.6 Å². The van der Waals surface area contributed by atoms with Gasteiger partial charge in [-0.1, -0.05) is 12.1 Å². The summed E-state index contributed by atoms with van der Waals surface area (Å²) in [5.41, 5.74) is 2.14. The average molecular weight is 336 g/mol. The third-order valence-electron chi connectivity index (χ3n) is 4.71. The highest BCUT2D eigenvalue weighted by atomic mass is 16.5. The maximum absolute atomic E-state index is 12.2. The number of pyridine rings is 1. The van der Waals surface area contributed by atoms with Crippen molar-refractivity contribution in [2.24, 2.45) is 7.05 Å². The number of aryl methyl sites for hydroxylation is 1. The summed E-state index contributed by atoms with van der Waals surface area (Å²) in [6, 6.07) is 8.08. The van der Waals surface area contributed by atoms with Crippen molar-refractivity contribution in [3.8, 4) is 11.3 Å². The van der Waals surface area contributed by atoms with Gasteiger partial charge in [-0.3, -0.25) is 4.79 Å². The maximum Gasteiger partial charge on any atom is 0.254 e. The van der Waals surface area contributed by atoms with E-state index in [4.69, 9.17) is 4.74 Å². The first-order valence-electron chi connectivity index (χ1n) is 8.43. The van der Waals surface area contributed by atoms with Crippen LogP contribution < -0.4 is 5.32 Å². The van der Waals surface area contributed by atoms with Gasteiger partial charge >= 0.3 is 0 Å². The van der Waals surface area contributed by atoms with Gasteiger partial charge in [-0.15, -0.1) is 0 Å². The van der Waals surface area contributed by atoms with Gasteiger partial charge in [-0.25, -0.2) is 9.97 Å². The number of rotatable bonds is 3. The van der Waals surface area contributed by atoms with Crippen LogP contribution in [0.15, 0.2) is 36.7 Å². The molecule has 0 aliphatic carbocycles. The Bertz CT molecular complexity index is 942. The molecule has 0 saturated carbocycles. The van der Waals surface area contributed by atoms with Crippen LogP contribution in [0.2, 0.25) is 0 Å². The molecule has 6 nitrogen and oxygen atoms in total. The van der Waals surface area contributed by atoms with Crippen LogP contribution in [0.4, 0.5) is 5.82 Å². The number of carbonyl (C=O) groups is 1. The van der Waals surface area contributed by atoms with Crippen LogP contribution in [-0.4, -0.2) is 33.2 Å². The first-order chi connectivity index (χ1) is 12.1. The molecular weight excluding hydrogens is 316 g/mol. The highest BCUT2D eigenvalue weighted by molar-refractivity contribution is 5.96. The molecule has 1 aromatic carbocycles.